The summed E-state index contributed by atoms with van der Waals surface area (Å²) < 4.78 is 6.54. The first-order chi connectivity index (χ1) is 22.4. The first-order valence-corrected chi connectivity index (χ1v) is 15.6. The third-order valence-corrected chi connectivity index (χ3v) is 9.89. The van der Waals surface area contributed by atoms with Crippen molar-refractivity contribution in [3.05, 3.63) is 178 Å². The molecule has 1 saturated carbocycles. The molecule has 3 aliphatic rings. The molecule has 3 fully saturated rings. The lowest BCUT2D eigenvalue weighted by atomic mass is 9.43. The quantitative estimate of drug-likeness (QED) is 0.129. The molecule has 5 nitrogen and oxygen atoms in total. The maximum absolute atomic E-state index is 15.1. The minimum Gasteiger partial charge on any atom is -0.453 e. The number of ketones is 3. The lowest BCUT2D eigenvalue weighted by molar-refractivity contribution is -0.220. The van der Waals surface area contributed by atoms with Gasteiger partial charge in [-0.2, -0.15) is 0 Å². The molecule has 2 bridgehead atoms. The second-order valence-electron chi connectivity index (χ2n) is 11.9. The number of halogens is 1. The van der Waals surface area contributed by atoms with Gasteiger partial charge in [-0.3, -0.25) is 19.2 Å². The number of carbonyl (C=O) groups excluding carboxylic acids is 4. The van der Waals surface area contributed by atoms with Gasteiger partial charge in [0.15, 0.2) is 17.3 Å². The molecule has 1 unspecified atom stereocenters. The van der Waals surface area contributed by atoms with Gasteiger partial charge in [-0.05, 0) is 23.3 Å². The fourth-order valence-corrected chi connectivity index (χ4v) is 7.78. The summed E-state index contributed by atoms with van der Waals surface area (Å²) in [7, 11) is 0. The number of ether oxygens (including phenoxy) is 1. The van der Waals surface area contributed by atoms with Gasteiger partial charge in [0, 0.05) is 34.1 Å². The SMILES string of the molecule is O=C(c1ccccc1)C1C[C@@]2(c3ccccc3)OC(=O)[C@]1(c1ccc(Cl)cc1)[C@H](C(=O)c1ccccc1)[C@@H]2C(=O)c1ccccc1. The second-order valence-corrected chi connectivity index (χ2v) is 12.4. The Morgan fingerprint density at radius 3 is 1.48 bits per heavy atom. The number of benzene rings is 5. The zero-order valence-corrected chi connectivity index (χ0v) is 25.5. The lowest BCUT2D eigenvalue weighted by Crippen LogP contribution is -2.73. The molecule has 8 rings (SSSR count). The predicted octanol–water partition coefficient (Wildman–Crippen LogP) is 7.93. The van der Waals surface area contributed by atoms with Crippen LogP contribution in [-0.4, -0.2) is 23.3 Å². The number of esters is 1. The Kier molecular flexibility index (Phi) is 7.50. The van der Waals surface area contributed by atoms with Gasteiger partial charge in [-0.1, -0.05) is 145 Å². The highest BCUT2D eigenvalue weighted by Gasteiger charge is 2.76. The van der Waals surface area contributed by atoms with E-state index in [0.29, 0.717) is 32.8 Å². The van der Waals surface area contributed by atoms with Gasteiger partial charge in [0.05, 0.1) is 11.8 Å². The average molecular weight is 625 g/mol. The van der Waals surface area contributed by atoms with Crippen LogP contribution in [0.4, 0.5) is 0 Å². The van der Waals surface area contributed by atoms with Crippen molar-refractivity contribution in [2.75, 3.05) is 0 Å². The smallest absolute Gasteiger partial charge is 0.319 e. The molecule has 5 aromatic rings. The summed E-state index contributed by atoms with van der Waals surface area (Å²) in [6, 6.07) is 41.8. The summed E-state index contributed by atoms with van der Waals surface area (Å²) in [5.41, 5.74) is -1.37. The fraction of sp³-hybridized carbons (Fsp3) is 0.150. The monoisotopic (exact) mass is 624 g/mol. The molecule has 2 saturated heterocycles. The molecule has 0 amide bonds. The maximum Gasteiger partial charge on any atom is 0.319 e. The third kappa shape index (κ3) is 4.53. The van der Waals surface area contributed by atoms with Crippen LogP contribution in [0.5, 0.6) is 0 Å². The summed E-state index contributed by atoms with van der Waals surface area (Å²) in [6.45, 7) is 0. The molecule has 0 aromatic heterocycles. The van der Waals surface area contributed by atoms with Crippen molar-refractivity contribution in [3.63, 3.8) is 0 Å². The topological polar surface area (TPSA) is 77.5 Å². The first-order valence-electron chi connectivity index (χ1n) is 15.2. The molecule has 226 valence electrons. The molecule has 2 aliphatic heterocycles. The zero-order valence-electron chi connectivity index (χ0n) is 24.7. The van der Waals surface area contributed by atoms with Gasteiger partial charge in [-0.25, -0.2) is 0 Å². The molecule has 5 aromatic carbocycles. The summed E-state index contributed by atoms with van der Waals surface area (Å²) in [6.07, 6.45) is 0.000910. The minimum absolute atomic E-state index is 0.000910. The highest BCUT2D eigenvalue weighted by Crippen LogP contribution is 2.65. The number of hydrogen-bond donors (Lipinski definition) is 0. The van der Waals surface area contributed by atoms with Crippen molar-refractivity contribution in [2.24, 2.45) is 17.8 Å². The number of carbonyl (C=O) groups is 4. The van der Waals surface area contributed by atoms with E-state index in [2.05, 4.69) is 0 Å². The van der Waals surface area contributed by atoms with Crippen molar-refractivity contribution in [1.82, 2.24) is 0 Å². The molecule has 5 atom stereocenters. The molecule has 0 N–H and O–H groups in total. The van der Waals surface area contributed by atoms with Gasteiger partial charge < -0.3 is 4.74 Å². The van der Waals surface area contributed by atoms with Crippen molar-refractivity contribution < 1.29 is 23.9 Å². The Morgan fingerprint density at radius 2 is 0.978 bits per heavy atom. The maximum atomic E-state index is 15.1. The minimum atomic E-state index is -1.84. The van der Waals surface area contributed by atoms with E-state index >= 15 is 4.79 Å². The van der Waals surface area contributed by atoms with Crippen LogP contribution in [0.2, 0.25) is 5.02 Å². The lowest BCUT2D eigenvalue weighted by Gasteiger charge is -2.62. The summed E-state index contributed by atoms with van der Waals surface area (Å²) in [5, 5.41) is 0.424. The van der Waals surface area contributed by atoms with Crippen LogP contribution in [-0.2, 0) is 20.5 Å². The Bertz CT molecular complexity index is 1930. The third-order valence-electron chi connectivity index (χ3n) is 9.64. The zero-order chi connectivity index (χ0) is 31.9. The van der Waals surface area contributed by atoms with Gasteiger partial charge in [0.25, 0.3) is 0 Å². The highest BCUT2D eigenvalue weighted by molar-refractivity contribution is 6.30. The largest absolute Gasteiger partial charge is 0.453 e. The van der Waals surface area contributed by atoms with Gasteiger partial charge in [0.1, 0.15) is 11.0 Å². The van der Waals surface area contributed by atoms with Crippen LogP contribution in [0.1, 0.15) is 48.6 Å². The summed E-state index contributed by atoms with van der Waals surface area (Å²) in [4.78, 5) is 59.8. The van der Waals surface area contributed by atoms with E-state index in [9.17, 15) is 14.4 Å². The second kappa shape index (κ2) is 11.7. The molecular formula is C40H29ClO5. The van der Waals surface area contributed by atoms with Gasteiger partial charge >= 0.3 is 5.97 Å². The van der Waals surface area contributed by atoms with E-state index in [-0.39, 0.29) is 18.0 Å². The molecule has 0 radical (unpaired) electrons. The molecule has 6 heteroatoms. The number of Topliss-reactive ketones (excluding diaryl/α,β-unsaturated/α-hetero) is 3. The van der Waals surface area contributed by atoms with Crippen molar-refractivity contribution >= 4 is 34.9 Å². The molecule has 0 spiro atoms. The Balaban J connectivity index is 1.59. The van der Waals surface area contributed by atoms with Crippen molar-refractivity contribution in [3.8, 4) is 0 Å². The van der Waals surface area contributed by atoms with Crippen LogP contribution < -0.4 is 0 Å². The van der Waals surface area contributed by atoms with Crippen LogP contribution in [0.3, 0.4) is 0 Å². The molecule has 1 aliphatic carbocycles. The number of hydrogen-bond acceptors (Lipinski definition) is 5. The predicted molar refractivity (Wildman–Crippen MR) is 175 cm³/mol. The van der Waals surface area contributed by atoms with Gasteiger partial charge in [-0.15, -0.1) is 0 Å². The van der Waals surface area contributed by atoms with Crippen LogP contribution in [0.15, 0.2) is 146 Å². The van der Waals surface area contributed by atoms with E-state index in [1.165, 1.54) is 0 Å². The van der Waals surface area contributed by atoms with Crippen LogP contribution in [0.25, 0.3) is 0 Å². The highest BCUT2D eigenvalue weighted by atomic mass is 35.5. The van der Waals surface area contributed by atoms with E-state index < -0.39 is 40.5 Å². The van der Waals surface area contributed by atoms with E-state index in [4.69, 9.17) is 16.3 Å². The van der Waals surface area contributed by atoms with E-state index in [1.807, 2.05) is 18.2 Å². The molecule has 46 heavy (non-hydrogen) atoms. The normalized spacial score (nSPS) is 25.0. The van der Waals surface area contributed by atoms with Crippen molar-refractivity contribution in [2.45, 2.75) is 17.4 Å². The Hall–Kier alpha value is -5.13. The summed E-state index contributed by atoms with van der Waals surface area (Å²) >= 11 is 6.33. The van der Waals surface area contributed by atoms with E-state index in [1.54, 1.807) is 127 Å². The number of fused-ring (bicyclic) bond motifs is 3. The van der Waals surface area contributed by atoms with Gasteiger partial charge in [0.2, 0.25) is 0 Å². The first kappa shape index (κ1) is 29.6. The van der Waals surface area contributed by atoms with E-state index in [0.717, 1.165) is 0 Å². The average Bonchev–Trinajstić information content (AvgIpc) is 3.12. The number of rotatable bonds is 8. The Morgan fingerprint density at radius 1 is 0.543 bits per heavy atom. The summed E-state index contributed by atoms with van der Waals surface area (Å²) in [5.74, 6) is -5.26. The van der Waals surface area contributed by atoms with Crippen LogP contribution in [0, 0.1) is 17.8 Å². The molecular weight excluding hydrogens is 596 g/mol. The Labute approximate surface area is 271 Å². The van der Waals surface area contributed by atoms with Crippen molar-refractivity contribution in [1.29, 1.82) is 0 Å². The standard InChI is InChI=1S/C40H29ClO5/c41-31-23-21-30(22-24-31)40-32(35(42)26-13-5-1-6-14-26)25-39(46-38(40)45,29-19-11-4-12-20-29)33(36(43)27-15-7-2-8-16-27)34(40)37(44)28-17-9-3-10-18-28/h1-24,32-34H,25H2/t32?,33-,34+,39+,40+/m1/s1. The fourth-order valence-electron chi connectivity index (χ4n) is 7.65. The molecule has 2 heterocycles. The van der Waals surface area contributed by atoms with Crippen LogP contribution >= 0.6 is 11.6 Å².